The number of sulfonamides is 1. The minimum atomic E-state index is -3.57. The van der Waals surface area contributed by atoms with E-state index in [0.29, 0.717) is 25.3 Å². The van der Waals surface area contributed by atoms with Crippen LogP contribution in [0.1, 0.15) is 30.5 Å². The highest BCUT2D eigenvalue weighted by Gasteiger charge is 2.22. The van der Waals surface area contributed by atoms with Gasteiger partial charge in [-0.3, -0.25) is 9.69 Å². The summed E-state index contributed by atoms with van der Waals surface area (Å²) >= 11 is 0. The Morgan fingerprint density at radius 2 is 1.66 bits per heavy atom. The molecule has 0 aliphatic rings. The Kier molecular flexibility index (Phi) is 7.96. The molecule has 0 aromatic heterocycles. The fourth-order valence-corrected chi connectivity index (χ4v) is 4.66. The summed E-state index contributed by atoms with van der Waals surface area (Å²) < 4.78 is 26.9. The number of anilines is 1. The van der Waals surface area contributed by atoms with E-state index in [0.717, 1.165) is 5.56 Å². The molecule has 1 amide bonds. The lowest BCUT2D eigenvalue weighted by atomic mass is 10.1. The number of likely N-dealkylation sites (N-methyl/N-ethyl adjacent to an activating group) is 1. The SMILES string of the molecule is CCN(CC)S(=O)(=O)c1ccc(C)c(NC(=O)CN(C)Cc2ccccc2C)c1. The topological polar surface area (TPSA) is 69.7 Å². The van der Waals surface area contributed by atoms with Gasteiger partial charge < -0.3 is 5.32 Å². The first-order valence-corrected chi connectivity index (χ1v) is 11.3. The largest absolute Gasteiger partial charge is 0.325 e. The van der Waals surface area contributed by atoms with Crippen molar-refractivity contribution < 1.29 is 13.2 Å². The molecule has 2 aromatic rings. The number of hydrogen-bond acceptors (Lipinski definition) is 4. The molecular weight excluding hydrogens is 386 g/mol. The molecule has 6 nitrogen and oxygen atoms in total. The van der Waals surface area contributed by atoms with Crippen LogP contribution in [0.4, 0.5) is 5.69 Å². The molecule has 2 aromatic carbocycles. The van der Waals surface area contributed by atoms with Crippen LogP contribution in [0.5, 0.6) is 0 Å². The molecule has 0 heterocycles. The van der Waals surface area contributed by atoms with Gasteiger partial charge in [0.1, 0.15) is 0 Å². The monoisotopic (exact) mass is 417 g/mol. The van der Waals surface area contributed by atoms with Gasteiger partial charge in [0, 0.05) is 25.3 Å². The quantitative estimate of drug-likeness (QED) is 0.679. The molecule has 0 radical (unpaired) electrons. The average molecular weight is 418 g/mol. The molecule has 158 valence electrons. The van der Waals surface area contributed by atoms with Gasteiger partial charge in [-0.2, -0.15) is 4.31 Å². The Morgan fingerprint density at radius 3 is 2.28 bits per heavy atom. The maximum Gasteiger partial charge on any atom is 0.243 e. The minimum Gasteiger partial charge on any atom is -0.325 e. The molecule has 2 rings (SSSR count). The predicted octanol–water partition coefficient (Wildman–Crippen LogP) is 3.40. The Morgan fingerprint density at radius 1 is 1.00 bits per heavy atom. The molecule has 0 fully saturated rings. The number of carbonyl (C=O) groups excluding carboxylic acids is 1. The number of benzene rings is 2. The van der Waals surface area contributed by atoms with Gasteiger partial charge >= 0.3 is 0 Å². The van der Waals surface area contributed by atoms with Crippen molar-refractivity contribution in [2.75, 3.05) is 32.0 Å². The van der Waals surface area contributed by atoms with Crippen molar-refractivity contribution in [2.45, 2.75) is 39.1 Å². The number of aryl methyl sites for hydroxylation is 2. The van der Waals surface area contributed by atoms with Crippen LogP contribution in [0.15, 0.2) is 47.4 Å². The zero-order valence-electron chi connectivity index (χ0n) is 17.9. The van der Waals surface area contributed by atoms with E-state index in [-0.39, 0.29) is 17.3 Å². The molecule has 29 heavy (non-hydrogen) atoms. The van der Waals surface area contributed by atoms with E-state index in [4.69, 9.17) is 0 Å². The molecule has 0 saturated carbocycles. The molecule has 0 spiro atoms. The summed E-state index contributed by atoms with van der Waals surface area (Å²) in [7, 11) is -1.68. The fraction of sp³-hybridized carbons (Fsp3) is 0.409. The van der Waals surface area contributed by atoms with Crippen molar-refractivity contribution in [3.63, 3.8) is 0 Å². The summed E-state index contributed by atoms with van der Waals surface area (Å²) in [5, 5.41) is 2.87. The van der Waals surface area contributed by atoms with E-state index < -0.39 is 10.0 Å². The molecule has 0 atom stereocenters. The smallest absolute Gasteiger partial charge is 0.243 e. The lowest BCUT2D eigenvalue weighted by Gasteiger charge is -2.20. The number of rotatable bonds is 9. The highest BCUT2D eigenvalue weighted by atomic mass is 32.2. The van der Waals surface area contributed by atoms with Crippen LogP contribution >= 0.6 is 0 Å². The summed E-state index contributed by atoms with van der Waals surface area (Å²) in [5.74, 6) is -0.179. The van der Waals surface area contributed by atoms with Crippen molar-refractivity contribution in [3.05, 3.63) is 59.2 Å². The molecule has 0 aliphatic carbocycles. The Balaban J connectivity index is 2.11. The van der Waals surface area contributed by atoms with Crippen LogP contribution < -0.4 is 5.32 Å². The highest BCUT2D eigenvalue weighted by molar-refractivity contribution is 7.89. The van der Waals surface area contributed by atoms with Crippen molar-refractivity contribution in [2.24, 2.45) is 0 Å². The molecule has 0 aliphatic heterocycles. The van der Waals surface area contributed by atoms with Gasteiger partial charge in [-0.15, -0.1) is 0 Å². The van der Waals surface area contributed by atoms with Crippen molar-refractivity contribution in [3.8, 4) is 0 Å². The molecule has 0 saturated heterocycles. The minimum absolute atomic E-state index is 0.179. The van der Waals surface area contributed by atoms with Crippen LogP contribution in [0.25, 0.3) is 0 Å². The maximum atomic E-state index is 12.8. The van der Waals surface area contributed by atoms with Gasteiger partial charge in [0.2, 0.25) is 15.9 Å². The van der Waals surface area contributed by atoms with E-state index in [1.54, 1.807) is 18.2 Å². The third kappa shape index (κ3) is 5.88. The van der Waals surface area contributed by atoms with Crippen molar-refractivity contribution in [1.82, 2.24) is 9.21 Å². The Hall–Kier alpha value is -2.22. The summed E-state index contributed by atoms with van der Waals surface area (Å²) in [6.45, 7) is 9.19. The standard InChI is InChI=1S/C22H31N3O3S/c1-6-25(7-2)29(27,28)20-13-12-18(4)21(14-20)23-22(26)16-24(5)15-19-11-9-8-10-17(19)3/h8-14H,6-7,15-16H2,1-5H3,(H,23,26). The normalized spacial score (nSPS) is 11.8. The summed E-state index contributed by atoms with van der Waals surface area (Å²) in [6, 6.07) is 12.9. The number of nitrogens with one attached hydrogen (secondary N) is 1. The first kappa shape index (κ1) is 23.1. The van der Waals surface area contributed by atoms with Crippen molar-refractivity contribution in [1.29, 1.82) is 0 Å². The number of nitrogens with zero attached hydrogens (tertiary/aromatic N) is 2. The van der Waals surface area contributed by atoms with Gasteiger partial charge in [0.15, 0.2) is 0 Å². The Bertz CT molecular complexity index is 954. The van der Waals surface area contributed by atoms with Gasteiger partial charge in [-0.1, -0.05) is 44.2 Å². The zero-order valence-corrected chi connectivity index (χ0v) is 18.7. The number of hydrogen-bond donors (Lipinski definition) is 1. The van der Waals surface area contributed by atoms with Crippen LogP contribution in [0, 0.1) is 13.8 Å². The molecule has 0 bridgehead atoms. The molecule has 1 N–H and O–H groups in total. The van der Waals surface area contributed by atoms with E-state index >= 15 is 0 Å². The van der Waals surface area contributed by atoms with E-state index in [1.807, 2.05) is 44.9 Å². The second-order valence-corrected chi connectivity index (χ2v) is 9.15. The summed E-state index contributed by atoms with van der Waals surface area (Å²) in [4.78, 5) is 14.7. The third-order valence-corrected chi connectivity index (χ3v) is 6.99. The molecular formula is C22H31N3O3S. The van der Waals surface area contributed by atoms with Crippen LogP contribution in [0.3, 0.4) is 0 Å². The number of amides is 1. The summed E-state index contributed by atoms with van der Waals surface area (Å²) in [5.41, 5.74) is 3.70. The average Bonchev–Trinajstić information content (AvgIpc) is 2.66. The van der Waals surface area contributed by atoms with Gasteiger partial charge in [-0.05, 0) is 49.7 Å². The van der Waals surface area contributed by atoms with Gasteiger partial charge in [0.05, 0.1) is 11.4 Å². The van der Waals surface area contributed by atoms with Crippen LogP contribution in [-0.4, -0.2) is 50.2 Å². The first-order valence-electron chi connectivity index (χ1n) is 9.82. The van der Waals surface area contributed by atoms with E-state index in [1.165, 1.54) is 15.4 Å². The maximum absolute atomic E-state index is 12.8. The van der Waals surface area contributed by atoms with Crippen LogP contribution in [0.2, 0.25) is 0 Å². The number of carbonyl (C=O) groups is 1. The second-order valence-electron chi connectivity index (χ2n) is 7.21. The van der Waals surface area contributed by atoms with E-state index in [9.17, 15) is 13.2 Å². The first-order chi connectivity index (χ1) is 13.7. The lowest BCUT2D eigenvalue weighted by Crippen LogP contribution is -2.31. The van der Waals surface area contributed by atoms with Gasteiger partial charge in [-0.25, -0.2) is 8.42 Å². The van der Waals surface area contributed by atoms with Crippen molar-refractivity contribution >= 4 is 21.6 Å². The van der Waals surface area contributed by atoms with Gasteiger partial charge in [0.25, 0.3) is 0 Å². The molecule has 7 heteroatoms. The molecule has 0 unspecified atom stereocenters. The second kappa shape index (κ2) is 10.0. The fourth-order valence-electron chi connectivity index (χ4n) is 3.18. The zero-order chi connectivity index (χ0) is 21.6. The Labute approximate surface area is 174 Å². The third-order valence-electron chi connectivity index (χ3n) is 4.94. The highest BCUT2D eigenvalue weighted by Crippen LogP contribution is 2.23. The van der Waals surface area contributed by atoms with E-state index in [2.05, 4.69) is 24.4 Å². The van der Waals surface area contributed by atoms with Crippen LogP contribution in [-0.2, 0) is 21.4 Å². The summed E-state index contributed by atoms with van der Waals surface area (Å²) in [6.07, 6.45) is 0. The predicted molar refractivity (Wildman–Crippen MR) is 117 cm³/mol. The lowest BCUT2D eigenvalue weighted by molar-refractivity contribution is -0.117.